The van der Waals surface area contributed by atoms with Gasteiger partial charge in [-0.3, -0.25) is 4.79 Å². The Hall–Kier alpha value is -1.77. The Balaban J connectivity index is 2.63. The molecule has 0 aromatic heterocycles. The molecule has 1 amide bonds. The average molecular weight is 177 g/mol. The van der Waals surface area contributed by atoms with Crippen molar-refractivity contribution in [3.63, 3.8) is 0 Å². The van der Waals surface area contributed by atoms with Crippen LogP contribution in [0.3, 0.4) is 0 Å². The summed E-state index contributed by atoms with van der Waals surface area (Å²) in [7, 11) is 0. The van der Waals surface area contributed by atoms with Crippen molar-refractivity contribution in [1.29, 1.82) is 0 Å². The summed E-state index contributed by atoms with van der Waals surface area (Å²) < 4.78 is 0. The monoisotopic (exact) mass is 177 g/mol. The maximum atomic E-state index is 11.1. The molecular weight excluding hydrogens is 166 g/mol. The first-order chi connectivity index (χ1) is 6.22. The molecule has 0 saturated carbocycles. The fourth-order valence-corrected chi connectivity index (χ4v) is 0.927. The minimum Gasteiger partial charge on any atom is -0.508 e. The van der Waals surface area contributed by atoms with E-state index in [1.54, 1.807) is 18.2 Å². The number of benzene rings is 1. The van der Waals surface area contributed by atoms with Crippen LogP contribution >= 0.6 is 0 Å². The zero-order chi connectivity index (χ0) is 9.68. The molecule has 1 aromatic rings. The highest BCUT2D eigenvalue weighted by Gasteiger charge is 1.99. The smallest absolute Gasteiger partial charge is 0.228 e. The van der Waals surface area contributed by atoms with Crippen LogP contribution in [0.1, 0.15) is 6.42 Å². The summed E-state index contributed by atoms with van der Waals surface area (Å²) in [6, 6.07) is 6.41. The molecule has 2 N–H and O–H groups in total. The molecule has 1 aromatic carbocycles. The van der Waals surface area contributed by atoms with E-state index in [1.165, 1.54) is 12.1 Å². The molecule has 68 valence electrons. The molecule has 13 heavy (non-hydrogen) atoms. The Morgan fingerprint density at radius 3 is 3.00 bits per heavy atom. The number of aromatic hydroxyl groups is 1. The third-order valence-electron chi connectivity index (χ3n) is 1.46. The molecule has 0 spiro atoms. The Labute approximate surface area is 76.7 Å². The van der Waals surface area contributed by atoms with E-state index in [1.807, 2.05) is 0 Å². The van der Waals surface area contributed by atoms with Crippen LogP contribution in [0.15, 0.2) is 36.9 Å². The molecule has 0 atom stereocenters. The normalized spacial score (nSPS) is 9.23. The summed E-state index contributed by atoms with van der Waals surface area (Å²) in [5, 5.41) is 11.7. The van der Waals surface area contributed by atoms with Crippen LogP contribution in [-0.2, 0) is 4.79 Å². The molecule has 0 aliphatic carbocycles. The van der Waals surface area contributed by atoms with Gasteiger partial charge < -0.3 is 10.4 Å². The number of phenols is 1. The van der Waals surface area contributed by atoms with Crippen LogP contribution in [0.4, 0.5) is 5.69 Å². The first-order valence-electron chi connectivity index (χ1n) is 3.92. The third kappa shape index (κ3) is 2.99. The van der Waals surface area contributed by atoms with Crippen LogP contribution < -0.4 is 5.32 Å². The molecule has 0 saturated heterocycles. The van der Waals surface area contributed by atoms with Gasteiger partial charge in [-0.15, -0.1) is 6.58 Å². The molecule has 3 nitrogen and oxygen atoms in total. The van der Waals surface area contributed by atoms with Gasteiger partial charge in [0.2, 0.25) is 5.91 Å². The van der Waals surface area contributed by atoms with Crippen LogP contribution in [0.5, 0.6) is 5.75 Å². The largest absolute Gasteiger partial charge is 0.508 e. The molecule has 0 heterocycles. The summed E-state index contributed by atoms with van der Waals surface area (Å²) >= 11 is 0. The van der Waals surface area contributed by atoms with Crippen LogP contribution in [0, 0.1) is 0 Å². The average Bonchev–Trinajstić information content (AvgIpc) is 2.04. The van der Waals surface area contributed by atoms with Gasteiger partial charge in [0.05, 0.1) is 0 Å². The van der Waals surface area contributed by atoms with Crippen molar-refractivity contribution in [3.05, 3.63) is 36.9 Å². The van der Waals surface area contributed by atoms with E-state index < -0.39 is 0 Å². The predicted octanol–water partition coefficient (Wildman–Crippen LogP) is 1.91. The van der Waals surface area contributed by atoms with Crippen LogP contribution in [-0.4, -0.2) is 11.0 Å². The first-order valence-corrected chi connectivity index (χ1v) is 3.92. The van der Waals surface area contributed by atoms with Gasteiger partial charge in [0.15, 0.2) is 0 Å². The predicted molar refractivity (Wildman–Crippen MR) is 51.6 cm³/mol. The van der Waals surface area contributed by atoms with E-state index in [0.29, 0.717) is 5.69 Å². The second kappa shape index (κ2) is 4.30. The minimum atomic E-state index is -0.138. The van der Waals surface area contributed by atoms with Crippen molar-refractivity contribution in [2.45, 2.75) is 6.42 Å². The van der Waals surface area contributed by atoms with Crippen molar-refractivity contribution < 1.29 is 9.90 Å². The molecule has 1 rings (SSSR count). The number of carbonyl (C=O) groups is 1. The number of hydrogen-bond donors (Lipinski definition) is 2. The van der Waals surface area contributed by atoms with Gasteiger partial charge in [0.25, 0.3) is 0 Å². The van der Waals surface area contributed by atoms with Crippen molar-refractivity contribution in [2.24, 2.45) is 0 Å². The fourth-order valence-electron chi connectivity index (χ4n) is 0.927. The molecule has 0 radical (unpaired) electrons. The first kappa shape index (κ1) is 9.32. The highest BCUT2D eigenvalue weighted by atomic mass is 16.3. The van der Waals surface area contributed by atoms with Gasteiger partial charge in [0.1, 0.15) is 5.75 Å². The van der Waals surface area contributed by atoms with Gasteiger partial charge in [-0.2, -0.15) is 0 Å². The SMILES string of the molecule is C=CCC(=O)Nc1cccc(O)c1. The minimum absolute atomic E-state index is 0.136. The number of anilines is 1. The number of nitrogens with one attached hydrogen (secondary N) is 1. The Morgan fingerprint density at radius 2 is 2.38 bits per heavy atom. The van der Waals surface area contributed by atoms with E-state index in [0.717, 1.165) is 0 Å². The second-order valence-corrected chi connectivity index (χ2v) is 2.59. The van der Waals surface area contributed by atoms with Gasteiger partial charge in [-0.25, -0.2) is 0 Å². The number of phenolic OH excluding ortho intramolecular Hbond substituents is 1. The lowest BCUT2D eigenvalue weighted by Gasteiger charge is -2.02. The summed E-state index contributed by atoms with van der Waals surface area (Å²) in [5.74, 6) is -0.00277. The topological polar surface area (TPSA) is 49.3 Å². The highest BCUT2D eigenvalue weighted by molar-refractivity contribution is 5.91. The van der Waals surface area contributed by atoms with Crippen LogP contribution in [0.25, 0.3) is 0 Å². The van der Waals surface area contributed by atoms with E-state index in [4.69, 9.17) is 5.11 Å². The standard InChI is InChI=1S/C10H11NO2/c1-2-4-10(13)11-8-5-3-6-9(12)7-8/h2-3,5-7,12H,1,4H2,(H,11,13). The molecule has 0 bridgehead atoms. The van der Waals surface area contributed by atoms with Gasteiger partial charge in [0, 0.05) is 18.2 Å². The van der Waals surface area contributed by atoms with E-state index in [-0.39, 0.29) is 18.1 Å². The maximum Gasteiger partial charge on any atom is 0.228 e. The van der Waals surface area contributed by atoms with Gasteiger partial charge in [-0.05, 0) is 12.1 Å². The zero-order valence-corrected chi connectivity index (χ0v) is 7.16. The molecular formula is C10H11NO2. The lowest BCUT2D eigenvalue weighted by Crippen LogP contribution is -2.09. The summed E-state index contributed by atoms with van der Waals surface area (Å²) in [6.07, 6.45) is 1.80. The molecule has 0 unspecified atom stereocenters. The number of amides is 1. The maximum absolute atomic E-state index is 11.1. The highest BCUT2D eigenvalue weighted by Crippen LogP contribution is 2.15. The van der Waals surface area contributed by atoms with Crippen molar-refractivity contribution in [3.8, 4) is 5.75 Å². The molecule has 3 heteroatoms. The number of rotatable bonds is 3. The lowest BCUT2D eigenvalue weighted by molar-refractivity contribution is -0.115. The quantitative estimate of drug-likeness (QED) is 0.693. The second-order valence-electron chi connectivity index (χ2n) is 2.59. The number of carbonyl (C=O) groups excluding carboxylic acids is 1. The molecule has 0 aliphatic heterocycles. The summed E-state index contributed by atoms with van der Waals surface area (Å²) in [6.45, 7) is 3.45. The van der Waals surface area contributed by atoms with Gasteiger partial charge >= 0.3 is 0 Å². The third-order valence-corrected chi connectivity index (χ3v) is 1.46. The Morgan fingerprint density at radius 1 is 1.62 bits per heavy atom. The van der Waals surface area contributed by atoms with Crippen LogP contribution in [0.2, 0.25) is 0 Å². The Kier molecular flexibility index (Phi) is 3.09. The molecule has 0 fully saturated rings. The van der Waals surface area contributed by atoms with Crippen molar-refractivity contribution in [2.75, 3.05) is 5.32 Å². The summed E-state index contributed by atoms with van der Waals surface area (Å²) in [4.78, 5) is 11.1. The van der Waals surface area contributed by atoms with E-state index in [9.17, 15) is 4.79 Å². The lowest BCUT2D eigenvalue weighted by atomic mass is 10.3. The molecule has 0 aliphatic rings. The fraction of sp³-hybridized carbons (Fsp3) is 0.100. The summed E-state index contributed by atoms with van der Waals surface area (Å²) in [5.41, 5.74) is 0.590. The van der Waals surface area contributed by atoms with Gasteiger partial charge in [-0.1, -0.05) is 12.1 Å². The zero-order valence-electron chi connectivity index (χ0n) is 7.16. The van der Waals surface area contributed by atoms with E-state index in [2.05, 4.69) is 11.9 Å². The number of hydrogen-bond acceptors (Lipinski definition) is 2. The van der Waals surface area contributed by atoms with Crippen molar-refractivity contribution in [1.82, 2.24) is 0 Å². The van der Waals surface area contributed by atoms with E-state index >= 15 is 0 Å². The van der Waals surface area contributed by atoms with Crippen molar-refractivity contribution >= 4 is 11.6 Å². The Bertz CT molecular complexity index is 320.